The quantitative estimate of drug-likeness (QED) is 0.0272. The molecule has 72 heavy (non-hydrogen) atoms. The van der Waals surface area contributed by atoms with Gasteiger partial charge in [0.05, 0.1) is 39.9 Å². The lowest BCUT2D eigenvalue weighted by Gasteiger charge is -2.29. The molecule has 0 aromatic heterocycles. The monoisotopic (exact) mass is 1030 g/mol. The highest BCUT2D eigenvalue weighted by Gasteiger charge is 2.23. The van der Waals surface area contributed by atoms with E-state index in [0.29, 0.717) is 17.4 Å². The van der Waals surface area contributed by atoms with E-state index in [2.05, 4.69) is 55.6 Å². The van der Waals surface area contributed by atoms with Gasteiger partial charge in [-0.2, -0.15) is 0 Å². The van der Waals surface area contributed by atoms with Gasteiger partial charge in [-0.05, 0) is 64.2 Å². The average molecular weight is 1030 g/mol. The van der Waals surface area contributed by atoms with Crippen LogP contribution in [0, 0.1) is 0 Å². The summed E-state index contributed by atoms with van der Waals surface area (Å²) in [6.45, 7) is 4.65. The summed E-state index contributed by atoms with van der Waals surface area (Å²) in [5.41, 5.74) is 0. The molecule has 3 atom stereocenters. The number of quaternary nitrogens is 1. The van der Waals surface area contributed by atoms with Gasteiger partial charge in [0.15, 0.2) is 0 Å². The fraction of sp³-hybridized carbons (Fsp3) is 0.857. The number of carbonyl (C=O) groups is 1. The number of phosphoric ester groups is 1. The van der Waals surface area contributed by atoms with Crippen molar-refractivity contribution in [2.45, 2.75) is 309 Å². The first-order valence-electron chi connectivity index (χ1n) is 31.0. The number of amides is 1. The molecule has 0 aromatic carbocycles. The molecule has 0 aliphatic rings. The Morgan fingerprint density at radius 1 is 0.486 bits per heavy atom. The molecule has 0 rings (SSSR count). The number of nitrogens with zero attached hydrogens (tertiary/aromatic N) is 1. The van der Waals surface area contributed by atoms with Crippen molar-refractivity contribution >= 4 is 13.7 Å². The third kappa shape index (κ3) is 56.2. The Bertz CT molecular complexity index is 1310. The van der Waals surface area contributed by atoms with Crippen LogP contribution in [0.3, 0.4) is 0 Å². The Hall–Kier alpha value is -1.54. The molecule has 424 valence electrons. The highest BCUT2D eigenvalue weighted by Crippen LogP contribution is 2.38. The van der Waals surface area contributed by atoms with Crippen molar-refractivity contribution in [3.05, 3.63) is 48.6 Å². The van der Waals surface area contributed by atoms with Crippen LogP contribution in [0.1, 0.15) is 296 Å². The Balaban J connectivity index is 4.02. The first kappa shape index (κ1) is 70.5. The van der Waals surface area contributed by atoms with E-state index < -0.39 is 26.6 Å². The van der Waals surface area contributed by atoms with Gasteiger partial charge in [0.1, 0.15) is 13.2 Å². The standard InChI is InChI=1S/C63H121N2O6P/c1-6-8-10-12-14-16-18-20-22-23-24-25-26-27-28-29-30-31-32-33-34-35-36-37-38-39-40-41-43-45-47-49-51-53-55-57-63(67)64-61(60-71-72(68,69)70-59-58-65(3,4)5)62(66)56-54-52-50-48-46-44-42-21-19-17-15-13-11-9-7-2/h26-27,29-30,46,48,54,56,61-62,66H,6-25,28,31-45,47,49-53,55,57-60H2,1-5H3,(H-,64,67,68,69)/b27-26-,30-29-,48-46+,56-54+. The second kappa shape index (κ2) is 54.3. The van der Waals surface area contributed by atoms with Crippen LogP contribution >= 0.6 is 7.82 Å². The highest BCUT2D eigenvalue weighted by molar-refractivity contribution is 7.45. The summed E-state index contributed by atoms with van der Waals surface area (Å²) in [5.74, 6) is -0.205. The van der Waals surface area contributed by atoms with E-state index in [4.69, 9.17) is 9.05 Å². The van der Waals surface area contributed by atoms with Crippen LogP contribution in [0.2, 0.25) is 0 Å². The van der Waals surface area contributed by atoms with Gasteiger partial charge in [0, 0.05) is 6.42 Å². The van der Waals surface area contributed by atoms with E-state index in [-0.39, 0.29) is 12.5 Å². The topological polar surface area (TPSA) is 108 Å². The van der Waals surface area contributed by atoms with Gasteiger partial charge in [0.2, 0.25) is 5.91 Å². The van der Waals surface area contributed by atoms with E-state index in [9.17, 15) is 19.4 Å². The summed E-state index contributed by atoms with van der Waals surface area (Å²) in [4.78, 5) is 25.5. The third-order valence-electron chi connectivity index (χ3n) is 14.0. The van der Waals surface area contributed by atoms with E-state index in [1.165, 1.54) is 231 Å². The van der Waals surface area contributed by atoms with Crippen LogP contribution in [0.25, 0.3) is 0 Å². The maximum atomic E-state index is 13.0. The Morgan fingerprint density at radius 2 is 0.819 bits per heavy atom. The normalized spacial score (nSPS) is 14.2. The van der Waals surface area contributed by atoms with Crippen LogP contribution in [-0.2, 0) is 18.4 Å². The molecule has 0 saturated carbocycles. The molecule has 2 N–H and O–H groups in total. The molecular formula is C63H121N2O6P. The third-order valence-corrected chi connectivity index (χ3v) is 15.0. The van der Waals surface area contributed by atoms with Crippen LogP contribution in [-0.4, -0.2) is 68.5 Å². The Morgan fingerprint density at radius 3 is 1.21 bits per heavy atom. The number of phosphoric acid groups is 1. The molecule has 8 nitrogen and oxygen atoms in total. The molecule has 1 amide bonds. The molecule has 0 aromatic rings. The number of rotatable bonds is 57. The number of aliphatic hydroxyl groups excluding tert-OH is 1. The molecule has 0 radical (unpaired) electrons. The van der Waals surface area contributed by atoms with Gasteiger partial charge in [-0.15, -0.1) is 0 Å². The summed E-state index contributed by atoms with van der Waals surface area (Å²) in [7, 11) is 1.25. The molecule has 0 bridgehead atoms. The second-order valence-corrected chi connectivity index (χ2v) is 23.8. The summed E-state index contributed by atoms with van der Waals surface area (Å²) >= 11 is 0. The molecule has 0 saturated heterocycles. The maximum absolute atomic E-state index is 13.0. The largest absolute Gasteiger partial charge is 0.756 e. The first-order valence-corrected chi connectivity index (χ1v) is 32.5. The zero-order valence-corrected chi connectivity index (χ0v) is 49.3. The summed E-state index contributed by atoms with van der Waals surface area (Å²) in [5, 5.41) is 13.8. The van der Waals surface area contributed by atoms with Gasteiger partial charge < -0.3 is 28.8 Å². The first-order chi connectivity index (χ1) is 35.0. The van der Waals surface area contributed by atoms with E-state index in [1.807, 2.05) is 27.2 Å². The molecular weight excluding hydrogens is 912 g/mol. The molecule has 0 aliphatic carbocycles. The summed E-state index contributed by atoms with van der Waals surface area (Å²) in [6.07, 6.45) is 72.2. The highest BCUT2D eigenvalue weighted by atomic mass is 31.2. The van der Waals surface area contributed by atoms with E-state index in [1.54, 1.807) is 6.08 Å². The number of hydrogen-bond acceptors (Lipinski definition) is 6. The predicted molar refractivity (Wildman–Crippen MR) is 311 cm³/mol. The molecule has 0 spiro atoms. The maximum Gasteiger partial charge on any atom is 0.268 e. The SMILES string of the molecule is CCCCCCCCCCC/C=C/CC/C=C/C(O)C(COP(=O)([O-])OCC[N+](C)(C)C)NC(=O)CCCCCCCCCCCCCCCCCCC/C=C\C/C=C\CCCCCCCCCCCCC. The van der Waals surface area contributed by atoms with Crippen molar-refractivity contribution in [1.82, 2.24) is 5.32 Å². The van der Waals surface area contributed by atoms with E-state index >= 15 is 0 Å². The number of likely N-dealkylation sites (N-methyl/N-ethyl adjacent to an activating group) is 1. The van der Waals surface area contributed by atoms with Crippen LogP contribution < -0.4 is 10.2 Å². The Labute approximate surface area is 448 Å². The van der Waals surface area contributed by atoms with Gasteiger partial charge in [-0.1, -0.05) is 274 Å². The van der Waals surface area contributed by atoms with Crippen molar-refractivity contribution < 1.29 is 32.9 Å². The number of carbonyl (C=O) groups excluding carboxylic acids is 1. The molecule has 0 aliphatic heterocycles. The second-order valence-electron chi connectivity index (χ2n) is 22.4. The number of nitrogens with one attached hydrogen (secondary N) is 1. The smallest absolute Gasteiger partial charge is 0.268 e. The fourth-order valence-electron chi connectivity index (χ4n) is 9.14. The predicted octanol–water partition coefficient (Wildman–Crippen LogP) is 18.5. The van der Waals surface area contributed by atoms with Crippen molar-refractivity contribution in [3.63, 3.8) is 0 Å². The van der Waals surface area contributed by atoms with Gasteiger partial charge in [0.25, 0.3) is 7.82 Å². The molecule has 0 fully saturated rings. The fourth-order valence-corrected chi connectivity index (χ4v) is 9.87. The van der Waals surface area contributed by atoms with Crippen molar-refractivity contribution in [2.24, 2.45) is 0 Å². The van der Waals surface area contributed by atoms with Gasteiger partial charge in [-0.25, -0.2) is 0 Å². The number of hydrogen-bond donors (Lipinski definition) is 2. The lowest BCUT2D eigenvalue weighted by molar-refractivity contribution is -0.870. The van der Waals surface area contributed by atoms with E-state index in [0.717, 1.165) is 44.9 Å². The summed E-state index contributed by atoms with van der Waals surface area (Å²) < 4.78 is 23.3. The minimum atomic E-state index is -4.60. The van der Waals surface area contributed by atoms with Crippen LogP contribution in [0.15, 0.2) is 48.6 Å². The zero-order valence-electron chi connectivity index (χ0n) is 48.4. The van der Waals surface area contributed by atoms with Gasteiger partial charge in [-0.3, -0.25) is 9.36 Å². The van der Waals surface area contributed by atoms with Crippen molar-refractivity contribution in [1.29, 1.82) is 0 Å². The average Bonchev–Trinajstić information content (AvgIpc) is 3.34. The minimum Gasteiger partial charge on any atom is -0.756 e. The molecule has 0 heterocycles. The number of allylic oxidation sites excluding steroid dienone is 7. The minimum absolute atomic E-state index is 0.00606. The van der Waals surface area contributed by atoms with Crippen LogP contribution in [0.5, 0.6) is 0 Å². The van der Waals surface area contributed by atoms with Crippen LogP contribution in [0.4, 0.5) is 0 Å². The lowest BCUT2D eigenvalue weighted by atomic mass is 10.0. The number of unbranched alkanes of at least 4 members (excludes halogenated alkanes) is 38. The Kier molecular flexibility index (Phi) is 53.1. The van der Waals surface area contributed by atoms with Gasteiger partial charge >= 0.3 is 0 Å². The lowest BCUT2D eigenvalue weighted by Crippen LogP contribution is -2.45. The summed E-state index contributed by atoms with van der Waals surface area (Å²) in [6, 6.07) is -0.903. The van der Waals surface area contributed by atoms with Crippen molar-refractivity contribution in [2.75, 3.05) is 40.9 Å². The number of aliphatic hydroxyl groups is 1. The van der Waals surface area contributed by atoms with Crippen molar-refractivity contribution in [3.8, 4) is 0 Å². The zero-order chi connectivity index (χ0) is 52.7. The molecule has 9 heteroatoms. The molecule has 3 unspecified atom stereocenters.